The maximum Gasteiger partial charge on any atom is 0.271 e. The Bertz CT molecular complexity index is 1080. The van der Waals surface area contributed by atoms with Crippen molar-refractivity contribution in [1.29, 1.82) is 0 Å². The van der Waals surface area contributed by atoms with Crippen molar-refractivity contribution in [2.45, 2.75) is 26.9 Å². The Morgan fingerprint density at radius 2 is 1.52 bits per heavy atom. The van der Waals surface area contributed by atoms with Crippen LogP contribution in [0.4, 0.5) is 11.4 Å². The Hall–Kier alpha value is -3.60. The van der Waals surface area contributed by atoms with Gasteiger partial charge in [0.05, 0.1) is 6.21 Å². The molecule has 3 aromatic rings. The second kappa shape index (κ2) is 8.64. The third-order valence-corrected chi connectivity index (χ3v) is 5.82. The molecule has 4 rings (SSSR count). The summed E-state index contributed by atoms with van der Waals surface area (Å²) in [6, 6.07) is 20.3. The predicted octanol–water partition coefficient (Wildman–Crippen LogP) is 4.65. The van der Waals surface area contributed by atoms with Crippen molar-refractivity contribution in [3.05, 3.63) is 94.0 Å². The average Bonchev–Trinajstić information content (AvgIpc) is 3.17. The number of carbonyl (C=O) groups is 1. The zero-order chi connectivity index (χ0) is 22.0. The van der Waals surface area contributed by atoms with E-state index in [1.54, 1.807) is 6.21 Å². The van der Waals surface area contributed by atoms with E-state index < -0.39 is 0 Å². The van der Waals surface area contributed by atoms with E-state index in [2.05, 4.69) is 41.4 Å². The molecular weight excluding hydrogens is 384 g/mol. The number of nitrogens with one attached hydrogen (secondary N) is 1. The first-order chi connectivity index (χ1) is 14.9. The van der Waals surface area contributed by atoms with Gasteiger partial charge in [-0.15, -0.1) is 0 Å². The van der Waals surface area contributed by atoms with Gasteiger partial charge in [-0.1, -0.05) is 24.3 Å². The molecule has 0 fully saturated rings. The molecule has 0 atom stereocenters. The van der Waals surface area contributed by atoms with Crippen LogP contribution in [0.2, 0.25) is 0 Å². The number of benzene rings is 3. The van der Waals surface area contributed by atoms with Crippen LogP contribution >= 0.6 is 0 Å². The lowest BCUT2D eigenvalue weighted by molar-refractivity contribution is 0.0955. The molecule has 0 saturated heterocycles. The lowest BCUT2D eigenvalue weighted by Crippen LogP contribution is -2.18. The first-order valence-corrected chi connectivity index (χ1v) is 10.5. The van der Waals surface area contributed by atoms with Crippen molar-refractivity contribution in [1.82, 2.24) is 5.43 Å². The average molecular weight is 413 g/mol. The molecule has 158 valence electrons. The molecule has 1 amide bonds. The van der Waals surface area contributed by atoms with Crippen molar-refractivity contribution in [2.24, 2.45) is 5.10 Å². The van der Waals surface area contributed by atoms with Crippen LogP contribution in [-0.2, 0) is 13.1 Å². The fourth-order valence-corrected chi connectivity index (χ4v) is 3.79. The number of aryl methyl sites for hydroxylation is 2. The molecular formula is C26H28N4O. The Morgan fingerprint density at radius 1 is 0.935 bits per heavy atom. The van der Waals surface area contributed by atoms with Crippen LogP contribution < -0.4 is 15.2 Å². The Morgan fingerprint density at radius 3 is 2.06 bits per heavy atom. The Balaban J connectivity index is 1.36. The maximum atomic E-state index is 12.4. The third kappa shape index (κ3) is 4.61. The number of fused-ring (bicyclic) bond motifs is 1. The number of carbonyl (C=O) groups excluding carboxylic acids is 1. The van der Waals surface area contributed by atoms with Gasteiger partial charge in [0.25, 0.3) is 5.91 Å². The lowest BCUT2D eigenvalue weighted by Gasteiger charge is -2.17. The van der Waals surface area contributed by atoms with Gasteiger partial charge < -0.3 is 9.80 Å². The fraction of sp³-hybridized carbons (Fsp3) is 0.231. The van der Waals surface area contributed by atoms with Gasteiger partial charge in [-0.3, -0.25) is 4.79 Å². The Kier molecular flexibility index (Phi) is 5.76. The number of nitrogens with zero attached hydrogens (tertiary/aromatic N) is 3. The van der Waals surface area contributed by atoms with E-state index in [0.717, 1.165) is 30.0 Å². The van der Waals surface area contributed by atoms with Crippen molar-refractivity contribution >= 4 is 23.5 Å². The standard InChI is InChI=1S/C26H28N4O/c1-18-13-22-16-30(17-23(22)14-19(18)2)25-11-7-21(8-12-25)26(31)28-27-15-20-5-9-24(10-6-20)29(3)4/h5-15H,16-17H2,1-4H3,(H,28,31)/b27-15-. The molecule has 1 N–H and O–H groups in total. The first-order valence-electron chi connectivity index (χ1n) is 10.5. The highest BCUT2D eigenvalue weighted by Gasteiger charge is 2.20. The van der Waals surface area contributed by atoms with E-state index in [0.29, 0.717) is 5.56 Å². The smallest absolute Gasteiger partial charge is 0.271 e. The molecule has 0 spiro atoms. The van der Waals surface area contributed by atoms with Gasteiger partial charge in [-0.25, -0.2) is 5.43 Å². The molecule has 0 aliphatic carbocycles. The molecule has 5 nitrogen and oxygen atoms in total. The summed E-state index contributed by atoms with van der Waals surface area (Å²) in [7, 11) is 4.00. The minimum Gasteiger partial charge on any atom is -0.378 e. The molecule has 1 aliphatic heterocycles. The summed E-state index contributed by atoms with van der Waals surface area (Å²) in [4.78, 5) is 16.8. The molecule has 5 heteroatoms. The largest absolute Gasteiger partial charge is 0.378 e. The minimum absolute atomic E-state index is 0.219. The molecule has 31 heavy (non-hydrogen) atoms. The van der Waals surface area contributed by atoms with Gasteiger partial charge in [0.2, 0.25) is 0 Å². The van der Waals surface area contributed by atoms with Gasteiger partial charge >= 0.3 is 0 Å². The summed E-state index contributed by atoms with van der Waals surface area (Å²) >= 11 is 0. The van der Waals surface area contributed by atoms with Crippen LogP contribution in [0.15, 0.2) is 65.8 Å². The summed E-state index contributed by atoms with van der Waals surface area (Å²) in [6.45, 7) is 6.12. The second-order valence-corrected chi connectivity index (χ2v) is 8.29. The molecule has 3 aromatic carbocycles. The summed E-state index contributed by atoms with van der Waals surface area (Å²) in [5.41, 5.74) is 11.8. The summed E-state index contributed by atoms with van der Waals surface area (Å²) in [5, 5.41) is 4.09. The molecule has 0 saturated carbocycles. The van der Waals surface area contributed by atoms with Crippen molar-refractivity contribution < 1.29 is 4.79 Å². The number of hydrogen-bond donors (Lipinski definition) is 1. The third-order valence-electron chi connectivity index (χ3n) is 5.82. The Labute approximate surface area is 184 Å². The number of rotatable bonds is 5. The van der Waals surface area contributed by atoms with Crippen LogP contribution in [0.3, 0.4) is 0 Å². The normalized spacial score (nSPS) is 12.8. The van der Waals surface area contributed by atoms with E-state index in [-0.39, 0.29) is 5.91 Å². The highest BCUT2D eigenvalue weighted by molar-refractivity contribution is 5.95. The molecule has 1 aliphatic rings. The van der Waals surface area contributed by atoms with Crippen LogP contribution in [0.5, 0.6) is 0 Å². The van der Waals surface area contributed by atoms with E-state index in [1.165, 1.54) is 22.3 Å². The highest BCUT2D eigenvalue weighted by Crippen LogP contribution is 2.30. The second-order valence-electron chi connectivity index (χ2n) is 8.29. The number of anilines is 2. The summed E-state index contributed by atoms with van der Waals surface area (Å²) in [5.74, 6) is -0.219. The monoisotopic (exact) mass is 412 g/mol. The lowest BCUT2D eigenvalue weighted by atomic mass is 10.0. The first kappa shape index (κ1) is 20.7. The van der Waals surface area contributed by atoms with Crippen LogP contribution in [0, 0.1) is 13.8 Å². The number of hydrogen-bond acceptors (Lipinski definition) is 4. The van der Waals surface area contributed by atoms with E-state index in [4.69, 9.17) is 0 Å². The van der Waals surface area contributed by atoms with Gasteiger partial charge in [-0.05, 0) is 78.1 Å². The maximum absolute atomic E-state index is 12.4. The molecule has 0 unspecified atom stereocenters. The van der Waals surface area contributed by atoms with Gasteiger partial charge in [-0.2, -0.15) is 5.10 Å². The molecule has 0 radical (unpaired) electrons. The quantitative estimate of drug-likeness (QED) is 0.490. The van der Waals surface area contributed by atoms with Crippen LogP contribution in [-0.4, -0.2) is 26.2 Å². The van der Waals surface area contributed by atoms with E-state index >= 15 is 0 Å². The highest BCUT2D eigenvalue weighted by atomic mass is 16.2. The minimum atomic E-state index is -0.219. The molecule has 1 heterocycles. The van der Waals surface area contributed by atoms with Gasteiger partial charge in [0.1, 0.15) is 0 Å². The fourth-order valence-electron chi connectivity index (χ4n) is 3.79. The van der Waals surface area contributed by atoms with Crippen LogP contribution in [0.1, 0.15) is 38.2 Å². The zero-order valence-electron chi connectivity index (χ0n) is 18.5. The van der Waals surface area contributed by atoms with Gasteiger partial charge in [0.15, 0.2) is 0 Å². The van der Waals surface area contributed by atoms with Gasteiger partial charge in [0, 0.05) is 44.1 Å². The predicted molar refractivity (Wildman–Crippen MR) is 128 cm³/mol. The zero-order valence-corrected chi connectivity index (χ0v) is 18.5. The molecule has 0 bridgehead atoms. The van der Waals surface area contributed by atoms with Crippen molar-refractivity contribution in [3.63, 3.8) is 0 Å². The van der Waals surface area contributed by atoms with E-state index in [9.17, 15) is 4.79 Å². The summed E-state index contributed by atoms with van der Waals surface area (Å²) < 4.78 is 0. The van der Waals surface area contributed by atoms with Crippen molar-refractivity contribution in [2.75, 3.05) is 23.9 Å². The number of amides is 1. The van der Waals surface area contributed by atoms with Crippen molar-refractivity contribution in [3.8, 4) is 0 Å². The van der Waals surface area contributed by atoms with E-state index in [1.807, 2.05) is 67.5 Å². The molecule has 0 aromatic heterocycles. The SMILES string of the molecule is Cc1cc2c(cc1C)CN(c1ccc(C(=O)N/N=C\c3ccc(N(C)C)cc3)cc1)C2. The van der Waals surface area contributed by atoms with Crippen LogP contribution in [0.25, 0.3) is 0 Å². The number of hydrazone groups is 1. The topological polar surface area (TPSA) is 47.9 Å². The summed E-state index contributed by atoms with van der Waals surface area (Å²) in [6.07, 6.45) is 1.65.